The summed E-state index contributed by atoms with van der Waals surface area (Å²) < 4.78 is 0.569. The number of hydrogen-bond donors (Lipinski definition) is 2. The van der Waals surface area contributed by atoms with Crippen molar-refractivity contribution in [3.8, 4) is 0 Å². The van der Waals surface area contributed by atoms with E-state index in [9.17, 15) is 19.8 Å². The molecule has 0 heterocycles. The van der Waals surface area contributed by atoms with Gasteiger partial charge in [0.15, 0.2) is 0 Å². The van der Waals surface area contributed by atoms with Gasteiger partial charge >= 0.3 is 162 Å². The summed E-state index contributed by atoms with van der Waals surface area (Å²) in [6.07, 6.45) is 14.6. The molecule has 0 fully saturated rings. The summed E-state index contributed by atoms with van der Waals surface area (Å²) in [4.78, 5) is 18.5. The second-order valence-corrected chi connectivity index (χ2v) is 17.4. The van der Waals surface area contributed by atoms with Crippen LogP contribution in [-0.4, -0.2) is 22.2 Å². The van der Waals surface area contributed by atoms with E-state index in [2.05, 4.69) is 124 Å². The molecule has 37 heavy (non-hydrogen) atoms. The Kier molecular flexibility index (Phi) is 10.4. The predicted octanol–water partition coefficient (Wildman–Crippen LogP) is 4.35. The maximum absolute atomic E-state index is 9.24. The number of benzene rings is 2. The van der Waals surface area contributed by atoms with E-state index in [4.69, 9.17) is 10.2 Å². The minimum atomic E-state index is -1.63. The van der Waals surface area contributed by atoms with Gasteiger partial charge in [0, 0.05) is 0 Å². The standard InChI is InChI=1S/2C12H11.2C3H4O3.Hf/c2*1-10-7-8-12(9-10)11-5-3-2-4-6-11;2*1-2(4)3(5)6;/h2*2-9H,1H3;2*4H,1H2,(H,5,6);/q;;;;+2/p-2. The number of aliphatic hydroxyl groups is 2. The number of aliphatic hydroxyl groups excluding tert-OH is 2. The SMILES string of the molecule is C=C(O)C(=O)[O-].C=C(O)C(=O)[O-].C[C]1([Hf+2][C]2(C)C=CC(c3ccccc3)=C2)C=CC(c2ccccc2)=C1. The number of carbonyl (C=O) groups excluding carboxylic acids is 2. The number of carboxylic acids is 2. The molecular weight excluding hydrogens is 635 g/mol. The molecule has 2 N–H and O–H groups in total. The van der Waals surface area contributed by atoms with Crippen molar-refractivity contribution in [3.63, 3.8) is 0 Å². The second kappa shape index (κ2) is 13.0. The quantitative estimate of drug-likeness (QED) is 0.270. The Bertz CT molecular complexity index is 1150. The number of carbonyl (C=O) groups is 2. The van der Waals surface area contributed by atoms with E-state index in [-0.39, 0.29) is 6.34 Å². The third-order valence-corrected chi connectivity index (χ3v) is 11.5. The molecule has 2 aliphatic rings. The van der Waals surface area contributed by atoms with Crippen molar-refractivity contribution < 1.29 is 52.9 Å². The topological polar surface area (TPSA) is 121 Å². The minimum absolute atomic E-state index is 0.285. The Morgan fingerprint density at radius 1 is 0.703 bits per heavy atom. The van der Waals surface area contributed by atoms with Crippen LogP contribution in [0.25, 0.3) is 11.1 Å². The van der Waals surface area contributed by atoms with E-state index in [0.717, 1.165) is 0 Å². The van der Waals surface area contributed by atoms with Gasteiger partial charge in [-0.1, -0.05) is 13.2 Å². The fraction of sp³-hybridized carbons (Fsp3) is 0.133. The number of hydrogen-bond acceptors (Lipinski definition) is 6. The summed E-state index contributed by atoms with van der Waals surface area (Å²) >= 11 is -1.03. The first kappa shape index (κ1) is 29.5. The average Bonchev–Trinajstić information content (AvgIpc) is 3.43. The monoisotopic (exact) mass is 664 g/mol. The first-order valence-corrected chi connectivity index (χ1v) is 14.9. The zero-order valence-corrected chi connectivity index (χ0v) is 24.3. The Morgan fingerprint density at radius 3 is 1.27 bits per heavy atom. The predicted molar refractivity (Wildman–Crippen MR) is 137 cm³/mol. The van der Waals surface area contributed by atoms with Gasteiger partial charge in [-0.15, -0.1) is 0 Å². The van der Waals surface area contributed by atoms with Crippen molar-refractivity contribution >= 4 is 23.1 Å². The molecular formula is C30H28HfO6. The molecule has 0 bridgehead atoms. The maximum atomic E-state index is 9.24. The van der Waals surface area contributed by atoms with E-state index in [1.165, 1.54) is 22.3 Å². The molecule has 0 saturated carbocycles. The van der Waals surface area contributed by atoms with Crippen LogP contribution in [0.5, 0.6) is 0 Å². The van der Waals surface area contributed by atoms with E-state index >= 15 is 0 Å². The summed E-state index contributed by atoms with van der Waals surface area (Å²) in [7, 11) is 0. The number of carboxylic acid groups (broad SMARTS) is 2. The van der Waals surface area contributed by atoms with Crippen molar-refractivity contribution in [2.24, 2.45) is 0 Å². The van der Waals surface area contributed by atoms with Crippen LogP contribution in [0, 0.1) is 0 Å². The molecule has 6 nitrogen and oxygen atoms in total. The van der Waals surface area contributed by atoms with Crippen molar-refractivity contribution in [1.82, 2.24) is 0 Å². The number of allylic oxidation sites excluding steroid dienone is 8. The molecule has 188 valence electrons. The molecule has 2 aromatic carbocycles. The van der Waals surface area contributed by atoms with Crippen molar-refractivity contribution in [2.45, 2.75) is 20.2 Å². The van der Waals surface area contributed by atoms with Crippen LogP contribution in [0.3, 0.4) is 0 Å². The molecule has 0 saturated heterocycles. The van der Waals surface area contributed by atoms with Crippen LogP contribution in [0.1, 0.15) is 25.0 Å². The molecule has 2 aliphatic carbocycles. The van der Waals surface area contributed by atoms with Gasteiger partial charge in [-0.25, -0.2) is 0 Å². The van der Waals surface area contributed by atoms with Crippen molar-refractivity contribution in [1.29, 1.82) is 0 Å². The van der Waals surface area contributed by atoms with Gasteiger partial charge in [0.25, 0.3) is 0 Å². The van der Waals surface area contributed by atoms with Crippen LogP contribution in [0.15, 0.2) is 122 Å². The molecule has 0 amide bonds. The molecule has 2 atom stereocenters. The molecule has 4 rings (SSSR count). The van der Waals surface area contributed by atoms with Gasteiger partial charge in [-0.3, -0.25) is 0 Å². The molecule has 2 aromatic rings. The van der Waals surface area contributed by atoms with Crippen LogP contribution < -0.4 is 10.2 Å². The first-order valence-electron chi connectivity index (χ1n) is 11.3. The van der Waals surface area contributed by atoms with Gasteiger partial charge < -0.3 is 30.0 Å². The normalized spacial score (nSPS) is 20.7. The number of rotatable bonds is 6. The van der Waals surface area contributed by atoms with Gasteiger partial charge in [0.1, 0.15) is 23.5 Å². The molecule has 0 spiro atoms. The van der Waals surface area contributed by atoms with E-state index in [0.29, 0.717) is 0 Å². The van der Waals surface area contributed by atoms with Crippen molar-refractivity contribution in [2.75, 3.05) is 0 Å². The average molecular weight is 663 g/mol. The third kappa shape index (κ3) is 9.35. The van der Waals surface area contributed by atoms with E-state index < -0.39 is 46.4 Å². The zero-order chi connectivity index (χ0) is 27.6. The van der Waals surface area contributed by atoms with Crippen LogP contribution >= 0.6 is 0 Å². The summed E-state index contributed by atoms with van der Waals surface area (Å²) in [5.41, 5.74) is 5.43. The Balaban J connectivity index is 0.000000336. The number of aliphatic carboxylic acids is 2. The molecule has 7 heteroatoms. The van der Waals surface area contributed by atoms with Gasteiger partial charge in [0.05, 0.1) is 0 Å². The Morgan fingerprint density at radius 2 is 1.00 bits per heavy atom. The summed E-state index contributed by atoms with van der Waals surface area (Å²) in [5, 5.41) is 34.0. The zero-order valence-electron chi connectivity index (χ0n) is 20.7. The molecule has 2 unspecified atom stereocenters. The first-order chi connectivity index (χ1) is 17.3. The van der Waals surface area contributed by atoms with Gasteiger partial charge in [-0.05, 0) is 0 Å². The Labute approximate surface area is 228 Å². The fourth-order valence-corrected chi connectivity index (χ4v) is 10.7. The van der Waals surface area contributed by atoms with Gasteiger partial charge in [-0.2, -0.15) is 0 Å². The summed E-state index contributed by atoms with van der Waals surface area (Å²) in [6.45, 7) is 10.1. The fourth-order valence-electron chi connectivity index (χ4n) is 3.72. The van der Waals surface area contributed by atoms with Crippen LogP contribution in [0.4, 0.5) is 0 Å². The summed E-state index contributed by atoms with van der Waals surface area (Å²) in [6, 6.07) is 21.5. The molecule has 0 radical (unpaired) electrons. The van der Waals surface area contributed by atoms with Crippen LogP contribution in [0.2, 0.25) is 6.34 Å². The third-order valence-electron chi connectivity index (χ3n) is 5.35. The van der Waals surface area contributed by atoms with Crippen LogP contribution in [-0.2, 0) is 32.5 Å². The van der Waals surface area contributed by atoms with Crippen molar-refractivity contribution in [3.05, 3.63) is 133 Å². The molecule has 0 aliphatic heterocycles. The van der Waals surface area contributed by atoms with E-state index in [1.807, 2.05) is 0 Å². The van der Waals surface area contributed by atoms with Gasteiger partial charge in [0.2, 0.25) is 0 Å². The van der Waals surface area contributed by atoms with E-state index in [1.54, 1.807) is 0 Å². The second-order valence-electron chi connectivity index (χ2n) is 8.76. The Hall–Kier alpha value is -3.71. The summed E-state index contributed by atoms with van der Waals surface area (Å²) in [5.74, 6) is -5.13. The molecule has 0 aromatic heterocycles.